The Bertz CT molecular complexity index is 2680. The van der Waals surface area contributed by atoms with E-state index in [2.05, 4.69) is 114 Å². The van der Waals surface area contributed by atoms with Crippen LogP contribution in [0.2, 0.25) is 0 Å². The molecule has 6 aromatic carbocycles. The molecule has 0 unspecified atom stereocenters. The Morgan fingerprint density at radius 2 is 1.26 bits per heavy atom. The summed E-state index contributed by atoms with van der Waals surface area (Å²) in [7, 11) is 0. The van der Waals surface area contributed by atoms with Crippen LogP contribution >= 0.6 is 11.3 Å². The fourth-order valence-corrected chi connectivity index (χ4v) is 8.55. The molecule has 0 bridgehead atoms. The zero-order chi connectivity index (χ0) is 33.0. The number of aryl methyl sites for hydroxylation is 1. The van der Waals surface area contributed by atoms with E-state index in [4.69, 9.17) is 15.0 Å². The van der Waals surface area contributed by atoms with Crippen molar-refractivity contribution in [1.82, 2.24) is 19.5 Å². The first-order chi connectivity index (χ1) is 24.8. The summed E-state index contributed by atoms with van der Waals surface area (Å²) in [6.45, 7) is 0. The number of nitrogens with zero attached hydrogens (tertiary/aromatic N) is 4. The first-order valence-electron chi connectivity index (χ1n) is 16.8. The molecule has 0 amide bonds. The van der Waals surface area contributed by atoms with Crippen LogP contribution in [0.5, 0.6) is 0 Å². The second kappa shape index (κ2) is 11.7. The zero-order valence-corrected chi connectivity index (χ0v) is 27.8. The molecule has 234 valence electrons. The Morgan fingerprint density at radius 3 is 2.06 bits per heavy atom. The van der Waals surface area contributed by atoms with Crippen molar-refractivity contribution in [2.45, 2.75) is 12.8 Å². The molecule has 0 N–H and O–H groups in total. The predicted octanol–water partition coefficient (Wildman–Crippen LogP) is 11.3. The summed E-state index contributed by atoms with van der Waals surface area (Å²) in [4.78, 5) is 15.0. The summed E-state index contributed by atoms with van der Waals surface area (Å²) < 4.78 is 5.09. The van der Waals surface area contributed by atoms with Gasteiger partial charge >= 0.3 is 0 Å². The van der Waals surface area contributed by atoms with Crippen LogP contribution in [0.4, 0.5) is 0 Å². The lowest BCUT2D eigenvalue weighted by atomic mass is 9.91. The van der Waals surface area contributed by atoms with Crippen LogP contribution in [0.15, 0.2) is 140 Å². The standard InChI is InChI=1S/C45H28N4S/c1-4-13-29(14-5-1)32-23-24-35-37-25-26-38-36-21-10-11-22-40(36)50-42(38)41(37)49(39(35)28-32)34-20-12-19-33(27-34)45-47-43(30-15-6-2-7-16-30)46-44(48-45)31-17-8-3-9-18-31/h1-2,4-8,10-22,25-28H,23-24H2. The minimum absolute atomic E-state index is 0.607. The van der Waals surface area contributed by atoms with Crippen molar-refractivity contribution < 1.29 is 0 Å². The van der Waals surface area contributed by atoms with Crippen molar-refractivity contribution in [3.05, 3.63) is 168 Å². The summed E-state index contributed by atoms with van der Waals surface area (Å²) in [5, 5.41) is 3.92. The minimum Gasteiger partial charge on any atom is -0.308 e. The number of hydrogen-bond acceptors (Lipinski definition) is 4. The maximum absolute atomic E-state index is 5.04. The summed E-state index contributed by atoms with van der Waals surface area (Å²) in [6.07, 6.45) is 4.40. The van der Waals surface area contributed by atoms with Crippen molar-refractivity contribution >= 4 is 54.1 Å². The van der Waals surface area contributed by atoms with E-state index in [9.17, 15) is 0 Å². The molecule has 3 aromatic heterocycles. The average Bonchev–Trinajstić information content (AvgIpc) is 3.74. The molecular weight excluding hydrogens is 629 g/mol. The van der Waals surface area contributed by atoms with E-state index in [1.807, 2.05) is 59.9 Å². The highest BCUT2D eigenvalue weighted by molar-refractivity contribution is 7.26. The minimum atomic E-state index is 0.607. The van der Waals surface area contributed by atoms with Gasteiger partial charge in [0.05, 0.1) is 15.9 Å². The molecule has 1 aliphatic rings. The molecule has 0 saturated heterocycles. The van der Waals surface area contributed by atoms with Crippen LogP contribution in [-0.4, -0.2) is 19.5 Å². The van der Waals surface area contributed by atoms with Crippen LogP contribution in [0.1, 0.15) is 23.2 Å². The highest BCUT2D eigenvalue weighted by Gasteiger charge is 2.25. The Balaban J connectivity index is 1.23. The second-order valence-corrected chi connectivity index (χ2v) is 13.7. The molecule has 9 aromatic rings. The number of fused-ring (bicyclic) bond motifs is 7. The summed E-state index contributed by atoms with van der Waals surface area (Å²) in [5.74, 6) is 1.87. The largest absolute Gasteiger partial charge is 0.308 e. The third kappa shape index (κ3) is 4.73. The third-order valence-electron chi connectivity index (χ3n) is 9.66. The Kier molecular flexibility index (Phi) is 6.68. The topological polar surface area (TPSA) is 43.6 Å². The van der Waals surface area contributed by atoms with Crippen LogP contribution in [0, 0.1) is 12.1 Å². The Labute approximate surface area is 293 Å². The van der Waals surface area contributed by atoms with Crippen molar-refractivity contribution in [3.8, 4) is 39.9 Å². The normalized spacial score (nSPS) is 12.6. The molecule has 4 nitrogen and oxygen atoms in total. The SMILES string of the molecule is c1ccc(-c2nc(-c3ccccc3)nc(-c3cccc(-n4c5c(c6ccc7c8ccccc8sc7c64)CCC(c4ccccc4)=C5)c3)n2)cc#1. The fourth-order valence-electron chi connectivity index (χ4n) is 7.31. The van der Waals surface area contributed by atoms with E-state index in [0.29, 0.717) is 17.5 Å². The summed E-state index contributed by atoms with van der Waals surface area (Å²) in [5.41, 5.74) is 10.4. The van der Waals surface area contributed by atoms with Crippen molar-refractivity contribution in [3.63, 3.8) is 0 Å². The van der Waals surface area contributed by atoms with Crippen molar-refractivity contribution in [2.24, 2.45) is 0 Å². The number of benzene rings is 5. The Hall–Kier alpha value is -6.35. The van der Waals surface area contributed by atoms with Gasteiger partial charge in [-0.05, 0) is 72.0 Å². The van der Waals surface area contributed by atoms with Gasteiger partial charge < -0.3 is 4.57 Å². The van der Waals surface area contributed by atoms with Gasteiger partial charge in [-0.2, -0.15) is 0 Å². The number of hydrogen-bond donors (Lipinski definition) is 0. The van der Waals surface area contributed by atoms with Gasteiger partial charge in [0.2, 0.25) is 0 Å². The molecule has 10 rings (SSSR count). The zero-order valence-electron chi connectivity index (χ0n) is 27.0. The van der Waals surface area contributed by atoms with Gasteiger partial charge in [0.15, 0.2) is 17.5 Å². The van der Waals surface area contributed by atoms with Gasteiger partial charge in [-0.3, -0.25) is 0 Å². The lowest BCUT2D eigenvalue weighted by molar-refractivity contribution is 0.981. The molecule has 0 radical (unpaired) electrons. The molecule has 0 atom stereocenters. The molecular formula is C45H28N4S. The molecule has 50 heavy (non-hydrogen) atoms. The second-order valence-electron chi connectivity index (χ2n) is 12.6. The van der Waals surface area contributed by atoms with Crippen LogP contribution < -0.4 is 0 Å². The summed E-state index contributed by atoms with van der Waals surface area (Å²) >= 11 is 1.88. The van der Waals surface area contributed by atoms with E-state index in [-0.39, 0.29) is 0 Å². The van der Waals surface area contributed by atoms with Gasteiger partial charge in [0.25, 0.3) is 0 Å². The molecule has 0 fully saturated rings. The van der Waals surface area contributed by atoms with Crippen LogP contribution in [0.3, 0.4) is 0 Å². The monoisotopic (exact) mass is 656 g/mol. The van der Waals surface area contributed by atoms with Crippen LogP contribution in [0.25, 0.3) is 82.6 Å². The maximum Gasteiger partial charge on any atom is 0.164 e. The first-order valence-corrected chi connectivity index (χ1v) is 17.6. The van der Waals surface area contributed by atoms with Gasteiger partial charge in [0.1, 0.15) is 0 Å². The average molecular weight is 657 g/mol. The van der Waals surface area contributed by atoms with E-state index >= 15 is 0 Å². The van der Waals surface area contributed by atoms with Crippen molar-refractivity contribution in [1.29, 1.82) is 0 Å². The van der Waals surface area contributed by atoms with Gasteiger partial charge in [-0.25, -0.2) is 15.0 Å². The van der Waals surface area contributed by atoms with E-state index in [1.165, 1.54) is 53.5 Å². The van der Waals surface area contributed by atoms with Gasteiger partial charge in [-0.1, -0.05) is 115 Å². The quantitative estimate of drug-likeness (QED) is 0.185. The molecule has 0 aliphatic heterocycles. The number of rotatable bonds is 5. The van der Waals surface area contributed by atoms with Gasteiger partial charge in [-0.15, -0.1) is 11.3 Å². The lowest BCUT2D eigenvalue weighted by Gasteiger charge is -2.17. The molecule has 3 heterocycles. The highest BCUT2D eigenvalue weighted by atomic mass is 32.1. The van der Waals surface area contributed by atoms with E-state index in [1.54, 1.807) is 0 Å². The van der Waals surface area contributed by atoms with E-state index < -0.39 is 0 Å². The molecule has 1 aliphatic carbocycles. The molecule has 5 heteroatoms. The van der Waals surface area contributed by atoms with E-state index in [0.717, 1.165) is 35.2 Å². The number of allylic oxidation sites excluding steroid dienone is 1. The highest BCUT2D eigenvalue weighted by Crippen LogP contribution is 2.45. The molecule has 0 spiro atoms. The lowest BCUT2D eigenvalue weighted by Crippen LogP contribution is -2.04. The predicted molar refractivity (Wildman–Crippen MR) is 206 cm³/mol. The number of thiophene rings is 1. The van der Waals surface area contributed by atoms with Crippen molar-refractivity contribution in [2.75, 3.05) is 0 Å². The first kappa shape index (κ1) is 28.6. The number of aromatic nitrogens is 4. The van der Waals surface area contributed by atoms with Gasteiger partial charge in [0, 0.05) is 43.2 Å². The maximum atomic E-state index is 5.04. The summed E-state index contributed by atoms with van der Waals surface area (Å²) in [6, 6.07) is 54.7. The third-order valence-corrected chi connectivity index (χ3v) is 10.9. The Morgan fingerprint density at radius 1 is 0.560 bits per heavy atom. The molecule has 0 saturated carbocycles. The van der Waals surface area contributed by atoms with Crippen LogP contribution in [-0.2, 0) is 6.42 Å². The smallest absolute Gasteiger partial charge is 0.164 e. The fraction of sp³-hybridized carbons (Fsp3) is 0.0444.